The number of hydrogen-bond acceptors (Lipinski definition) is 4. The molecular weight excluding hydrogens is 280 g/mol. The molecule has 0 aliphatic heterocycles. The molecule has 0 aliphatic rings. The Morgan fingerprint density at radius 3 is 2.00 bits per heavy atom. The van der Waals surface area contributed by atoms with Gasteiger partial charge in [-0.05, 0) is 23.3 Å². The van der Waals surface area contributed by atoms with Crippen LogP contribution in [0.15, 0.2) is 54.6 Å². The summed E-state index contributed by atoms with van der Waals surface area (Å²) in [6.07, 6.45) is -0.430. The zero-order chi connectivity index (χ0) is 15.9. The maximum Gasteiger partial charge on any atom is 0.316 e. The molecule has 0 aromatic heterocycles. The van der Waals surface area contributed by atoms with Crippen LogP contribution in [-0.2, 0) is 14.3 Å². The van der Waals surface area contributed by atoms with Gasteiger partial charge in [0, 0.05) is 7.11 Å². The van der Waals surface area contributed by atoms with Crippen LogP contribution in [0.2, 0.25) is 0 Å². The van der Waals surface area contributed by atoms with Crippen molar-refractivity contribution in [3.63, 3.8) is 0 Å². The highest BCUT2D eigenvalue weighted by molar-refractivity contribution is 5.79. The molecule has 0 bridgehead atoms. The average Bonchev–Trinajstić information content (AvgIpc) is 2.60. The molecule has 0 fully saturated rings. The second-order valence-electron chi connectivity index (χ2n) is 4.84. The van der Waals surface area contributed by atoms with Crippen molar-refractivity contribution < 1.29 is 19.0 Å². The third-order valence-electron chi connectivity index (χ3n) is 3.61. The van der Waals surface area contributed by atoms with Crippen molar-refractivity contribution >= 4 is 5.97 Å². The van der Waals surface area contributed by atoms with E-state index in [2.05, 4.69) is 0 Å². The summed E-state index contributed by atoms with van der Waals surface area (Å²) < 4.78 is 15.7. The van der Waals surface area contributed by atoms with Gasteiger partial charge in [-0.2, -0.15) is 0 Å². The van der Waals surface area contributed by atoms with E-state index in [4.69, 9.17) is 14.2 Å². The molecule has 2 rings (SSSR count). The van der Waals surface area contributed by atoms with Crippen molar-refractivity contribution in [2.45, 2.75) is 12.0 Å². The van der Waals surface area contributed by atoms with E-state index in [0.29, 0.717) is 0 Å². The lowest BCUT2D eigenvalue weighted by Gasteiger charge is -2.25. The van der Waals surface area contributed by atoms with Gasteiger partial charge in [0.25, 0.3) is 0 Å². The minimum absolute atomic E-state index is 0.325. The number of carbonyl (C=O) groups is 1. The molecule has 116 valence electrons. The van der Waals surface area contributed by atoms with E-state index in [0.717, 1.165) is 16.9 Å². The molecule has 0 heterocycles. The fraction of sp³-hybridized carbons (Fsp3) is 0.278. The Kier molecular flexibility index (Phi) is 5.55. The smallest absolute Gasteiger partial charge is 0.316 e. The van der Waals surface area contributed by atoms with Crippen LogP contribution in [0.4, 0.5) is 0 Å². The molecule has 0 N–H and O–H groups in total. The van der Waals surface area contributed by atoms with Crippen LogP contribution >= 0.6 is 0 Å². The van der Waals surface area contributed by atoms with Crippen LogP contribution in [0.3, 0.4) is 0 Å². The Morgan fingerprint density at radius 1 is 0.864 bits per heavy atom. The number of hydrogen-bond donors (Lipinski definition) is 0. The van der Waals surface area contributed by atoms with Crippen LogP contribution < -0.4 is 4.74 Å². The van der Waals surface area contributed by atoms with Crippen molar-refractivity contribution in [2.75, 3.05) is 21.3 Å². The SMILES string of the molecule is COC(=O)C(c1ccccc1)C(OC)c1ccc(OC)cc1. The van der Waals surface area contributed by atoms with Crippen molar-refractivity contribution in [1.29, 1.82) is 0 Å². The van der Waals surface area contributed by atoms with E-state index in [-0.39, 0.29) is 5.97 Å². The Bertz CT molecular complexity index is 592. The van der Waals surface area contributed by atoms with Gasteiger partial charge >= 0.3 is 5.97 Å². The van der Waals surface area contributed by atoms with Gasteiger partial charge in [0.1, 0.15) is 11.7 Å². The molecular formula is C18H20O4. The molecule has 4 nitrogen and oxygen atoms in total. The lowest BCUT2D eigenvalue weighted by atomic mass is 9.89. The van der Waals surface area contributed by atoms with Crippen molar-refractivity contribution in [1.82, 2.24) is 0 Å². The predicted molar refractivity (Wildman–Crippen MR) is 83.9 cm³/mol. The molecule has 0 radical (unpaired) electrons. The Balaban J connectivity index is 2.40. The third-order valence-corrected chi connectivity index (χ3v) is 3.61. The number of carbonyl (C=O) groups excluding carboxylic acids is 1. The van der Waals surface area contributed by atoms with Gasteiger partial charge < -0.3 is 14.2 Å². The molecule has 0 amide bonds. The van der Waals surface area contributed by atoms with Crippen LogP contribution in [-0.4, -0.2) is 27.3 Å². The first-order valence-electron chi connectivity index (χ1n) is 7.00. The number of methoxy groups -OCH3 is 3. The topological polar surface area (TPSA) is 44.8 Å². The summed E-state index contributed by atoms with van der Waals surface area (Å²) in [6, 6.07) is 17.0. The summed E-state index contributed by atoms with van der Waals surface area (Å²) in [7, 11) is 4.59. The van der Waals surface area contributed by atoms with E-state index >= 15 is 0 Å². The van der Waals surface area contributed by atoms with Gasteiger partial charge in [-0.1, -0.05) is 42.5 Å². The molecule has 4 heteroatoms. The second-order valence-corrected chi connectivity index (χ2v) is 4.84. The van der Waals surface area contributed by atoms with E-state index in [9.17, 15) is 4.79 Å². The zero-order valence-corrected chi connectivity index (χ0v) is 13.0. The van der Waals surface area contributed by atoms with Crippen LogP contribution in [0, 0.1) is 0 Å². The van der Waals surface area contributed by atoms with Gasteiger partial charge in [0.15, 0.2) is 0 Å². The van der Waals surface area contributed by atoms with Gasteiger partial charge in [0.2, 0.25) is 0 Å². The molecule has 0 aliphatic carbocycles. The first kappa shape index (κ1) is 16.0. The summed E-state index contributed by atoms with van der Waals surface area (Å²) in [4.78, 5) is 12.3. The fourth-order valence-electron chi connectivity index (χ4n) is 2.48. The molecule has 0 saturated carbocycles. The van der Waals surface area contributed by atoms with Crippen LogP contribution in [0.25, 0.3) is 0 Å². The molecule has 2 atom stereocenters. The van der Waals surface area contributed by atoms with Crippen LogP contribution in [0.1, 0.15) is 23.1 Å². The molecule has 2 aromatic rings. The average molecular weight is 300 g/mol. The molecule has 2 unspecified atom stereocenters. The maximum absolute atomic E-state index is 12.3. The first-order chi connectivity index (χ1) is 10.7. The summed E-state index contributed by atoms with van der Waals surface area (Å²) in [5.41, 5.74) is 1.75. The van der Waals surface area contributed by atoms with Gasteiger partial charge in [-0.3, -0.25) is 4.79 Å². The second kappa shape index (κ2) is 7.61. The Hall–Kier alpha value is -2.33. The normalized spacial score (nSPS) is 13.2. The summed E-state index contributed by atoms with van der Waals surface area (Å²) in [6.45, 7) is 0. The van der Waals surface area contributed by atoms with E-state index in [1.54, 1.807) is 14.2 Å². The van der Waals surface area contributed by atoms with Gasteiger partial charge in [-0.15, -0.1) is 0 Å². The van der Waals surface area contributed by atoms with Gasteiger partial charge in [-0.25, -0.2) is 0 Å². The number of esters is 1. The lowest BCUT2D eigenvalue weighted by Crippen LogP contribution is -2.23. The molecule has 0 spiro atoms. The Labute approximate surface area is 130 Å². The highest BCUT2D eigenvalue weighted by Crippen LogP contribution is 2.35. The number of rotatable bonds is 6. The standard InChI is InChI=1S/C18H20O4/c1-20-15-11-9-14(10-12-15)17(21-2)16(18(19)22-3)13-7-5-4-6-8-13/h4-12,16-17H,1-3H3. The summed E-state index contributed by atoms with van der Waals surface area (Å²) in [5.74, 6) is -0.0913. The minimum atomic E-state index is -0.524. The predicted octanol–water partition coefficient (Wildman–Crippen LogP) is 3.34. The quantitative estimate of drug-likeness (QED) is 0.768. The minimum Gasteiger partial charge on any atom is -0.497 e. The zero-order valence-electron chi connectivity index (χ0n) is 13.0. The van der Waals surface area contributed by atoms with Crippen molar-refractivity contribution in [2.24, 2.45) is 0 Å². The monoisotopic (exact) mass is 300 g/mol. The highest BCUT2D eigenvalue weighted by atomic mass is 16.5. The summed E-state index contributed by atoms with van der Waals surface area (Å²) >= 11 is 0. The maximum atomic E-state index is 12.3. The van der Waals surface area contributed by atoms with E-state index in [1.807, 2.05) is 54.6 Å². The molecule has 2 aromatic carbocycles. The lowest BCUT2D eigenvalue weighted by molar-refractivity contribution is -0.146. The van der Waals surface area contributed by atoms with Gasteiger partial charge in [0.05, 0.1) is 20.3 Å². The van der Waals surface area contributed by atoms with Crippen molar-refractivity contribution in [3.8, 4) is 5.75 Å². The number of ether oxygens (including phenoxy) is 3. The molecule has 22 heavy (non-hydrogen) atoms. The summed E-state index contributed by atoms with van der Waals surface area (Å²) in [5, 5.41) is 0. The van der Waals surface area contributed by atoms with E-state index < -0.39 is 12.0 Å². The third kappa shape index (κ3) is 3.46. The molecule has 0 saturated heterocycles. The first-order valence-corrected chi connectivity index (χ1v) is 7.00. The van der Waals surface area contributed by atoms with E-state index in [1.165, 1.54) is 7.11 Å². The van der Waals surface area contributed by atoms with Crippen LogP contribution in [0.5, 0.6) is 5.75 Å². The van der Waals surface area contributed by atoms with Crippen molar-refractivity contribution in [3.05, 3.63) is 65.7 Å². The number of benzene rings is 2. The highest BCUT2D eigenvalue weighted by Gasteiger charge is 2.32. The Morgan fingerprint density at radius 2 is 1.50 bits per heavy atom. The largest absolute Gasteiger partial charge is 0.497 e. The fourth-order valence-corrected chi connectivity index (χ4v) is 2.48.